The molecule has 0 saturated carbocycles. The largest absolute Gasteiger partial charge is 0.496 e. The zero-order valence-corrected chi connectivity index (χ0v) is 17.2. The highest BCUT2D eigenvalue weighted by Crippen LogP contribution is 2.36. The summed E-state index contributed by atoms with van der Waals surface area (Å²) in [5.74, 6) is -0.0843. The van der Waals surface area contributed by atoms with Crippen LogP contribution in [0, 0.1) is 5.41 Å². The molecule has 6 nitrogen and oxygen atoms in total. The van der Waals surface area contributed by atoms with Crippen LogP contribution in [0.25, 0.3) is 22.3 Å². The van der Waals surface area contributed by atoms with E-state index < -0.39 is 17.5 Å². The van der Waals surface area contributed by atoms with Crippen LogP contribution < -0.4 is 14.9 Å². The van der Waals surface area contributed by atoms with Crippen LogP contribution in [0.2, 0.25) is 5.02 Å². The Labute approximate surface area is 172 Å². The van der Waals surface area contributed by atoms with Gasteiger partial charge in [0.05, 0.1) is 23.1 Å². The van der Waals surface area contributed by atoms with Crippen LogP contribution in [0.1, 0.15) is 20.8 Å². The third kappa shape index (κ3) is 4.22. The first-order valence-corrected chi connectivity index (χ1v) is 9.30. The predicted molar refractivity (Wildman–Crippen MR) is 111 cm³/mol. The lowest BCUT2D eigenvalue weighted by Crippen LogP contribution is -2.39. The molecule has 1 N–H and O–H groups in total. The van der Waals surface area contributed by atoms with E-state index >= 15 is 0 Å². The van der Waals surface area contributed by atoms with E-state index in [4.69, 9.17) is 25.5 Å². The van der Waals surface area contributed by atoms with Crippen molar-refractivity contribution < 1.29 is 23.8 Å². The van der Waals surface area contributed by atoms with Crippen molar-refractivity contribution >= 4 is 28.5 Å². The Balaban J connectivity index is 2.14. The summed E-state index contributed by atoms with van der Waals surface area (Å²) >= 11 is 6.19. The highest BCUT2D eigenvalue weighted by atomic mass is 35.5. The second-order valence-electron chi connectivity index (χ2n) is 7.66. The molecule has 0 aliphatic carbocycles. The zero-order chi connectivity index (χ0) is 21.3. The van der Waals surface area contributed by atoms with Crippen molar-refractivity contribution in [3.63, 3.8) is 0 Å². The number of aliphatic carboxylic acids is 1. The number of halogens is 1. The highest BCUT2D eigenvalue weighted by molar-refractivity contribution is 6.34. The van der Waals surface area contributed by atoms with Crippen molar-refractivity contribution in [2.75, 3.05) is 7.11 Å². The number of rotatable bonds is 5. The maximum atomic E-state index is 12.5. The lowest BCUT2D eigenvalue weighted by atomic mass is 9.89. The number of benzene rings is 2. The van der Waals surface area contributed by atoms with Gasteiger partial charge < -0.3 is 19.0 Å². The van der Waals surface area contributed by atoms with E-state index in [0.717, 1.165) is 0 Å². The van der Waals surface area contributed by atoms with Crippen molar-refractivity contribution in [1.82, 2.24) is 0 Å². The van der Waals surface area contributed by atoms with Gasteiger partial charge in [0, 0.05) is 11.5 Å². The van der Waals surface area contributed by atoms with Crippen LogP contribution in [0.5, 0.6) is 11.5 Å². The van der Waals surface area contributed by atoms with E-state index in [2.05, 4.69) is 0 Å². The fraction of sp³-hybridized carbons (Fsp3) is 0.273. The molecule has 3 aromatic rings. The number of carboxylic acids is 1. The van der Waals surface area contributed by atoms with E-state index in [0.29, 0.717) is 27.5 Å². The van der Waals surface area contributed by atoms with Crippen molar-refractivity contribution in [3.05, 3.63) is 57.7 Å². The van der Waals surface area contributed by atoms with Gasteiger partial charge >= 0.3 is 5.97 Å². The van der Waals surface area contributed by atoms with Gasteiger partial charge in [-0.25, -0.2) is 4.79 Å². The lowest BCUT2D eigenvalue weighted by Gasteiger charge is -2.27. The molecule has 29 heavy (non-hydrogen) atoms. The summed E-state index contributed by atoms with van der Waals surface area (Å²) in [7, 11) is 1.49. The molecule has 0 saturated heterocycles. The minimum Gasteiger partial charge on any atom is -0.496 e. The molecule has 0 spiro atoms. The average Bonchev–Trinajstić information content (AvgIpc) is 2.65. The minimum atomic E-state index is -1.07. The second kappa shape index (κ2) is 7.79. The number of carboxylic acid groups (broad SMARTS) is 1. The van der Waals surface area contributed by atoms with Gasteiger partial charge in [-0.05, 0) is 30.3 Å². The van der Waals surface area contributed by atoms with E-state index in [9.17, 15) is 14.7 Å². The number of hydrogen-bond acceptors (Lipinski definition) is 5. The molecule has 1 unspecified atom stereocenters. The highest BCUT2D eigenvalue weighted by Gasteiger charge is 2.33. The molecule has 3 rings (SSSR count). The molecule has 2 aromatic carbocycles. The summed E-state index contributed by atoms with van der Waals surface area (Å²) in [6.45, 7) is 5.34. The van der Waals surface area contributed by atoms with Gasteiger partial charge in [-0.15, -0.1) is 0 Å². The van der Waals surface area contributed by atoms with E-state index in [-0.39, 0.29) is 16.8 Å². The second-order valence-corrected chi connectivity index (χ2v) is 8.06. The van der Waals surface area contributed by atoms with Crippen LogP contribution in [0.3, 0.4) is 0 Å². The number of methoxy groups -OCH3 is 1. The fourth-order valence-electron chi connectivity index (χ4n) is 2.96. The molecule has 0 radical (unpaired) electrons. The Morgan fingerprint density at radius 1 is 1.17 bits per heavy atom. The Kier molecular flexibility index (Phi) is 5.57. The predicted octanol–water partition coefficient (Wildman–Crippen LogP) is 5.00. The normalized spacial score (nSPS) is 12.6. The maximum Gasteiger partial charge on any atom is 0.345 e. The molecular weight excluding hydrogens is 396 g/mol. The molecule has 0 fully saturated rings. The van der Waals surface area contributed by atoms with Gasteiger partial charge in [-0.2, -0.15) is 0 Å². The number of fused-ring (bicyclic) bond motifs is 1. The molecule has 152 valence electrons. The zero-order valence-electron chi connectivity index (χ0n) is 16.5. The number of hydrogen-bond donors (Lipinski definition) is 1. The SMILES string of the molecule is COc1ccc(OC(C(=O)O)C(C)(C)C)cc1-c1cc(=O)c2cccc(Cl)c2o1. The Morgan fingerprint density at radius 3 is 2.52 bits per heavy atom. The molecular formula is C22H21ClO6. The molecule has 1 heterocycles. The van der Waals surface area contributed by atoms with Crippen LogP contribution in [0.4, 0.5) is 0 Å². The van der Waals surface area contributed by atoms with Crippen LogP contribution in [-0.2, 0) is 4.79 Å². The van der Waals surface area contributed by atoms with Crippen molar-refractivity contribution in [3.8, 4) is 22.8 Å². The molecule has 0 amide bonds. The Morgan fingerprint density at radius 2 is 1.90 bits per heavy atom. The van der Waals surface area contributed by atoms with Gasteiger partial charge in [0.25, 0.3) is 0 Å². The minimum absolute atomic E-state index is 0.237. The van der Waals surface area contributed by atoms with Crippen LogP contribution in [0.15, 0.2) is 51.7 Å². The molecule has 0 bridgehead atoms. The maximum absolute atomic E-state index is 12.5. The number of carbonyl (C=O) groups is 1. The van der Waals surface area contributed by atoms with Crippen molar-refractivity contribution in [2.24, 2.45) is 5.41 Å². The van der Waals surface area contributed by atoms with E-state index in [1.807, 2.05) is 0 Å². The van der Waals surface area contributed by atoms with Gasteiger partial charge in [0.1, 0.15) is 17.3 Å². The van der Waals surface area contributed by atoms with E-state index in [1.165, 1.54) is 13.2 Å². The summed E-state index contributed by atoms with van der Waals surface area (Å²) in [4.78, 5) is 24.2. The Bertz CT molecular complexity index is 1130. The summed E-state index contributed by atoms with van der Waals surface area (Å²) < 4.78 is 17.0. The summed E-state index contributed by atoms with van der Waals surface area (Å²) in [5, 5.41) is 10.2. The van der Waals surface area contributed by atoms with Crippen LogP contribution >= 0.6 is 11.6 Å². The van der Waals surface area contributed by atoms with Gasteiger partial charge in [-0.1, -0.05) is 38.4 Å². The van der Waals surface area contributed by atoms with Gasteiger partial charge in [0.15, 0.2) is 17.1 Å². The molecule has 7 heteroatoms. The molecule has 0 aliphatic heterocycles. The van der Waals surface area contributed by atoms with Crippen molar-refractivity contribution in [1.29, 1.82) is 0 Å². The van der Waals surface area contributed by atoms with Crippen molar-refractivity contribution in [2.45, 2.75) is 26.9 Å². The summed E-state index contributed by atoms with van der Waals surface area (Å²) in [5.41, 5.74) is -0.171. The molecule has 0 aliphatic rings. The van der Waals surface area contributed by atoms with E-state index in [1.54, 1.807) is 57.2 Å². The average molecular weight is 417 g/mol. The quantitative estimate of drug-likeness (QED) is 0.629. The third-order valence-corrected chi connectivity index (χ3v) is 4.71. The first-order chi connectivity index (χ1) is 13.6. The molecule has 1 atom stereocenters. The number of para-hydroxylation sites is 1. The lowest BCUT2D eigenvalue weighted by molar-refractivity contribution is -0.150. The topological polar surface area (TPSA) is 86.0 Å². The van der Waals surface area contributed by atoms with Gasteiger partial charge in [0.2, 0.25) is 0 Å². The smallest absolute Gasteiger partial charge is 0.345 e. The van der Waals surface area contributed by atoms with Gasteiger partial charge in [-0.3, -0.25) is 4.79 Å². The monoisotopic (exact) mass is 416 g/mol. The number of ether oxygens (including phenoxy) is 2. The Hall–Kier alpha value is -2.99. The van der Waals surface area contributed by atoms with Crippen LogP contribution in [-0.4, -0.2) is 24.3 Å². The first kappa shape index (κ1) is 20.7. The summed E-state index contributed by atoms with van der Waals surface area (Å²) in [6, 6.07) is 11.1. The molecule has 1 aromatic heterocycles. The first-order valence-electron chi connectivity index (χ1n) is 8.92. The fourth-order valence-corrected chi connectivity index (χ4v) is 3.18. The summed E-state index contributed by atoms with van der Waals surface area (Å²) in [6.07, 6.45) is -1.07. The third-order valence-electron chi connectivity index (χ3n) is 4.41. The standard InChI is InChI=1S/C22H21ClO6/c1-22(2,3)20(21(25)26)28-12-8-9-17(27-4)14(10-12)18-11-16(24)13-6-5-7-15(23)19(13)29-18/h5-11,20H,1-4H3,(H,25,26).